The maximum atomic E-state index is 9.21. The number of ether oxygens (including phenoxy) is 1. The van der Waals surface area contributed by atoms with E-state index in [1.54, 1.807) is 0 Å². The number of nitrogens with one attached hydrogen (secondary N) is 1. The van der Waals surface area contributed by atoms with Crippen LogP contribution in [0.3, 0.4) is 0 Å². The highest BCUT2D eigenvalue weighted by Crippen LogP contribution is 2.16. The molecule has 0 heterocycles. The molecule has 22 heavy (non-hydrogen) atoms. The van der Waals surface area contributed by atoms with Crippen LogP contribution in [0.4, 0.5) is 0 Å². The minimum absolute atomic E-state index is 0.150. The van der Waals surface area contributed by atoms with Gasteiger partial charge in [0, 0.05) is 12.6 Å². The van der Waals surface area contributed by atoms with Crippen LogP contribution in [0.15, 0.2) is 48.5 Å². The molecule has 0 bridgehead atoms. The van der Waals surface area contributed by atoms with E-state index in [0.717, 1.165) is 24.3 Å². The molecule has 2 aromatic rings. The largest absolute Gasteiger partial charge is 0.489 e. The summed E-state index contributed by atoms with van der Waals surface area (Å²) in [5.74, 6) is 0.875. The summed E-state index contributed by atoms with van der Waals surface area (Å²) >= 11 is 0. The molecule has 0 aromatic heterocycles. The smallest absolute Gasteiger partial charge is 0.120 e. The van der Waals surface area contributed by atoms with Gasteiger partial charge in [-0.2, -0.15) is 0 Å². The second kappa shape index (κ2) is 8.57. The van der Waals surface area contributed by atoms with Crippen molar-refractivity contribution < 1.29 is 9.84 Å². The second-order valence-electron chi connectivity index (χ2n) is 5.53. The lowest BCUT2D eigenvalue weighted by atomic mass is 10.1. The molecule has 0 aliphatic carbocycles. The molecule has 1 atom stereocenters. The van der Waals surface area contributed by atoms with Gasteiger partial charge in [0.05, 0.1) is 6.61 Å². The van der Waals surface area contributed by atoms with E-state index < -0.39 is 0 Å². The summed E-state index contributed by atoms with van der Waals surface area (Å²) in [5.41, 5.74) is 3.61. The molecular formula is C19H25NO2. The second-order valence-corrected chi connectivity index (χ2v) is 5.53. The van der Waals surface area contributed by atoms with Crippen LogP contribution >= 0.6 is 0 Å². The molecule has 3 heteroatoms. The number of rotatable bonds is 8. The standard InChI is InChI=1S/C19H25NO2/c1-3-18(13-21)20-12-16-8-6-10-19(11-16)22-14-17-9-5-4-7-15(17)2/h4-11,18,20-21H,3,12-14H2,1-2H3. The van der Waals surface area contributed by atoms with E-state index in [-0.39, 0.29) is 12.6 Å². The van der Waals surface area contributed by atoms with Crippen molar-refractivity contribution in [3.05, 3.63) is 65.2 Å². The molecule has 0 fully saturated rings. The Morgan fingerprint density at radius 3 is 2.68 bits per heavy atom. The average Bonchev–Trinajstić information content (AvgIpc) is 2.55. The van der Waals surface area contributed by atoms with Crippen LogP contribution in [0, 0.1) is 6.92 Å². The summed E-state index contributed by atoms with van der Waals surface area (Å²) in [7, 11) is 0. The molecule has 0 radical (unpaired) electrons. The lowest BCUT2D eigenvalue weighted by molar-refractivity contribution is 0.238. The summed E-state index contributed by atoms with van der Waals surface area (Å²) in [6.07, 6.45) is 0.917. The average molecular weight is 299 g/mol. The van der Waals surface area contributed by atoms with E-state index in [1.165, 1.54) is 11.1 Å². The van der Waals surface area contributed by atoms with Crippen molar-refractivity contribution in [1.29, 1.82) is 0 Å². The van der Waals surface area contributed by atoms with Crippen LogP contribution in [-0.4, -0.2) is 17.8 Å². The molecule has 2 rings (SSSR count). The number of hydrogen-bond donors (Lipinski definition) is 2. The highest BCUT2D eigenvalue weighted by atomic mass is 16.5. The zero-order valence-electron chi connectivity index (χ0n) is 13.4. The summed E-state index contributed by atoms with van der Waals surface area (Å²) < 4.78 is 5.90. The first-order valence-electron chi connectivity index (χ1n) is 7.83. The van der Waals surface area contributed by atoms with Crippen LogP contribution in [0.1, 0.15) is 30.0 Å². The molecule has 0 saturated heterocycles. The SMILES string of the molecule is CCC(CO)NCc1cccc(OCc2ccccc2C)c1. The highest BCUT2D eigenvalue weighted by molar-refractivity contribution is 5.30. The van der Waals surface area contributed by atoms with Gasteiger partial charge < -0.3 is 15.2 Å². The monoisotopic (exact) mass is 299 g/mol. The van der Waals surface area contributed by atoms with Crippen molar-refractivity contribution in [3.63, 3.8) is 0 Å². The van der Waals surface area contributed by atoms with E-state index in [4.69, 9.17) is 4.74 Å². The minimum atomic E-state index is 0.150. The zero-order chi connectivity index (χ0) is 15.8. The Hall–Kier alpha value is -1.84. The molecule has 3 nitrogen and oxygen atoms in total. The van der Waals surface area contributed by atoms with Gasteiger partial charge in [-0.05, 0) is 42.2 Å². The van der Waals surface area contributed by atoms with Crippen molar-refractivity contribution in [2.24, 2.45) is 0 Å². The van der Waals surface area contributed by atoms with E-state index in [2.05, 4.69) is 43.4 Å². The van der Waals surface area contributed by atoms with Gasteiger partial charge in [-0.15, -0.1) is 0 Å². The molecule has 2 aromatic carbocycles. The van der Waals surface area contributed by atoms with E-state index in [1.807, 2.05) is 24.3 Å². The molecule has 0 saturated carbocycles. The molecule has 0 aliphatic rings. The van der Waals surface area contributed by atoms with Crippen molar-refractivity contribution in [2.75, 3.05) is 6.61 Å². The van der Waals surface area contributed by atoms with Gasteiger partial charge in [-0.1, -0.05) is 43.3 Å². The predicted molar refractivity (Wildman–Crippen MR) is 90.0 cm³/mol. The number of hydrogen-bond acceptors (Lipinski definition) is 3. The first-order valence-corrected chi connectivity index (χ1v) is 7.83. The zero-order valence-corrected chi connectivity index (χ0v) is 13.4. The summed E-state index contributed by atoms with van der Waals surface area (Å²) in [6, 6.07) is 16.5. The molecule has 1 unspecified atom stereocenters. The predicted octanol–water partition coefficient (Wildman–Crippen LogP) is 3.43. The van der Waals surface area contributed by atoms with E-state index in [9.17, 15) is 5.11 Å². The van der Waals surface area contributed by atoms with E-state index >= 15 is 0 Å². The third kappa shape index (κ3) is 4.86. The lowest BCUT2D eigenvalue weighted by Crippen LogP contribution is -2.31. The Balaban J connectivity index is 1.92. The van der Waals surface area contributed by atoms with Crippen molar-refractivity contribution in [2.45, 2.75) is 39.5 Å². The normalized spacial score (nSPS) is 12.1. The van der Waals surface area contributed by atoms with Gasteiger partial charge >= 0.3 is 0 Å². The quantitative estimate of drug-likeness (QED) is 0.784. The van der Waals surface area contributed by atoms with Gasteiger partial charge in [-0.3, -0.25) is 0 Å². The number of aliphatic hydroxyl groups is 1. The van der Waals surface area contributed by atoms with Gasteiger partial charge in [0.15, 0.2) is 0 Å². The van der Waals surface area contributed by atoms with Gasteiger partial charge in [-0.25, -0.2) is 0 Å². The van der Waals surface area contributed by atoms with Crippen LogP contribution in [-0.2, 0) is 13.2 Å². The fourth-order valence-corrected chi connectivity index (χ4v) is 2.28. The molecule has 2 N–H and O–H groups in total. The molecule has 118 valence electrons. The Kier molecular flexibility index (Phi) is 6.44. The van der Waals surface area contributed by atoms with Gasteiger partial charge in [0.25, 0.3) is 0 Å². The third-order valence-corrected chi connectivity index (χ3v) is 3.86. The maximum absolute atomic E-state index is 9.21. The molecule has 0 spiro atoms. The Morgan fingerprint density at radius 1 is 1.14 bits per heavy atom. The van der Waals surface area contributed by atoms with Gasteiger partial charge in [0.1, 0.15) is 12.4 Å². The Bertz CT molecular complexity index is 579. The van der Waals surface area contributed by atoms with Crippen molar-refractivity contribution in [3.8, 4) is 5.75 Å². The van der Waals surface area contributed by atoms with Crippen LogP contribution in [0.25, 0.3) is 0 Å². The topological polar surface area (TPSA) is 41.5 Å². The van der Waals surface area contributed by atoms with Crippen molar-refractivity contribution >= 4 is 0 Å². The maximum Gasteiger partial charge on any atom is 0.120 e. The number of aliphatic hydroxyl groups excluding tert-OH is 1. The van der Waals surface area contributed by atoms with Crippen LogP contribution < -0.4 is 10.1 Å². The summed E-state index contributed by atoms with van der Waals surface area (Å²) in [6.45, 7) is 5.65. The van der Waals surface area contributed by atoms with Crippen molar-refractivity contribution in [1.82, 2.24) is 5.32 Å². The summed E-state index contributed by atoms with van der Waals surface area (Å²) in [5, 5.41) is 12.5. The number of aryl methyl sites for hydroxylation is 1. The summed E-state index contributed by atoms with van der Waals surface area (Å²) in [4.78, 5) is 0. The Morgan fingerprint density at radius 2 is 1.95 bits per heavy atom. The van der Waals surface area contributed by atoms with Crippen LogP contribution in [0.2, 0.25) is 0 Å². The molecular weight excluding hydrogens is 274 g/mol. The molecule has 0 amide bonds. The van der Waals surface area contributed by atoms with E-state index in [0.29, 0.717) is 6.61 Å². The van der Waals surface area contributed by atoms with Crippen LogP contribution in [0.5, 0.6) is 5.75 Å². The Labute approximate surface area is 133 Å². The fourth-order valence-electron chi connectivity index (χ4n) is 2.28. The number of benzene rings is 2. The lowest BCUT2D eigenvalue weighted by Gasteiger charge is -2.14. The first kappa shape index (κ1) is 16.5. The minimum Gasteiger partial charge on any atom is -0.489 e. The third-order valence-electron chi connectivity index (χ3n) is 3.86. The highest BCUT2D eigenvalue weighted by Gasteiger charge is 2.04. The molecule has 0 aliphatic heterocycles. The van der Waals surface area contributed by atoms with Gasteiger partial charge in [0.2, 0.25) is 0 Å². The first-order chi connectivity index (χ1) is 10.7. The fraction of sp³-hybridized carbons (Fsp3) is 0.368.